The predicted octanol–water partition coefficient (Wildman–Crippen LogP) is 2.74. The molecule has 2 aliphatic rings. The maximum atomic E-state index is 12.7. The molecule has 0 N–H and O–H groups in total. The summed E-state index contributed by atoms with van der Waals surface area (Å²) in [6, 6.07) is 4.55. The standard InChI is InChI=1S/C18H22F3NO4/c19-18(20,21)14-1-3-15(4-2-14)26-16-11-22(7-10-25-12-16)17(23)13-5-8-24-9-6-13/h1-4,13,16H,5-12H2. The molecule has 5 nitrogen and oxygen atoms in total. The summed E-state index contributed by atoms with van der Waals surface area (Å²) in [4.78, 5) is 14.4. The van der Waals surface area contributed by atoms with E-state index in [2.05, 4.69) is 0 Å². The number of ether oxygens (including phenoxy) is 3. The van der Waals surface area contributed by atoms with Gasteiger partial charge in [0.15, 0.2) is 0 Å². The summed E-state index contributed by atoms with van der Waals surface area (Å²) in [6.45, 7) is 2.74. The zero-order valence-corrected chi connectivity index (χ0v) is 14.3. The summed E-state index contributed by atoms with van der Waals surface area (Å²) < 4.78 is 54.5. The Balaban J connectivity index is 1.61. The van der Waals surface area contributed by atoms with Crippen LogP contribution in [0.2, 0.25) is 0 Å². The summed E-state index contributed by atoms with van der Waals surface area (Å²) in [5.74, 6) is 0.348. The number of amides is 1. The van der Waals surface area contributed by atoms with E-state index >= 15 is 0 Å². The van der Waals surface area contributed by atoms with Crippen molar-refractivity contribution in [3.63, 3.8) is 0 Å². The zero-order chi connectivity index (χ0) is 18.6. The van der Waals surface area contributed by atoms with Crippen LogP contribution in [-0.4, -0.2) is 56.4 Å². The van der Waals surface area contributed by atoms with Crippen LogP contribution in [0.4, 0.5) is 13.2 Å². The monoisotopic (exact) mass is 373 g/mol. The van der Waals surface area contributed by atoms with Crippen molar-refractivity contribution in [1.82, 2.24) is 4.90 Å². The fourth-order valence-corrected chi connectivity index (χ4v) is 3.17. The minimum atomic E-state index is -4.38. The van der Waals surface area contributed by atoms with E-state index in [1.807, 2.05) is 0 Å². The SMILES string of the molecule is O=C(C1CCOCC1)N1CCOCC(Oc2ccc(C(F)(F)F)cc2)C1. The average Bonchev–Trinajstić information content (AvgIpc) is 2.87. The Hall–Kier alpha value is -1.80. The molecule has 3 rings (SSSR count). The van der Waals surface area contributed by atoms with Gasteiger partial charge in [0, 0.05) is 25.7 Å². The lowest BCUT2D eigenvalue weighted by atomic mass is 9.98. The highest BCUT2D eigenvalue weighted by Crippen LogP contribution is 2.30. The maximum Gasteiger partial charge on any atom is 0.416 e. The van der Waals surface area contributed by atoms with Crippen LogP contribution in [0.3, 0.4) is 0 Å². The first-order valence-electron chi connectivity index (χ1n) is 8.71. The molecule has 0 radical (unpaired) electrons. The molecule has 0 aliphatic carbocycles. The quantitative estimate of drug-likeness (QED) is 0.818. The molecule has 8 heteroatoms. The van der Waals surface area contributed by atoms with E-state index in [9.17, 15) is 18.0 Å². The number of carbonyl (C=O) groups is 1. The second-order valence-electron chi connectivity index (χ2n) is 6.51. The van der Waals surface area contributed by atoms with Gasteiger partial charge in [0.1, 0.15) is 11.9 Å². The van der Waals surface area contributed by atoms with Crippen molar-refractivity contribution in [3.8, 4) is 5.75 Å². The minimum Gasteiger partial charge on any atom is -0.486 e. The molecule has 2 saturated heterocycles. The fourth-order valence-electron chi connectivity index (χ4n) is 3.17. The average molecular weight is 373 g/mol. The van der Waals surface area contributed by atoms with Gasteiger partial charge in [0.25, 0.3) is 0 Å². The summed E-state index contributed by atoms with van der Waals surface area (Å²) in [7, 11) is 0. The first-order valence-corrected chi connectivity index (χ1v) is 8.71. The molecular weight excluding hydrogens is 351 g/mol. The van der Waals surface area contributed by atoms with Gasteiger partial charge in [-0.2, -0.15) is 13.2 Å². The molecule has 2 fully saturated rings. The number of halogens is 3. The lowest BCUT2D eigenvalue weighted by Crippen LogP contribution is -2.44. The number of carbonyl (C=O) groups excluding carboxylic acids is 1. The molecule has 144 valence electrons. The second kappa shape index (κ2) is 8.26. The van der Waals surface area contributed by atoms with Gasteiger partial charge in [-0.3, -0.25) is 4.79 Å². The second-order valence-corrected chi connectivity index (χ2v) is 6.51. The van der Waals surface area contributed by atoms with Crippen molar-refractivity contribution < 1.29 is 32.2 Å². The van der Waals surface area contributed by atoms with E-state index in [0.29, 0.717) is 58.1 Å². The van der Waals surface area contributed by atoms with Crippen LogP contribution >= 0.6 is 0 Å². The summed E-state index contributed by atoms with van der Waals surface area (Å²) in [5.41, 5.74) is -0.724. The Bertz CT molecular complexity index is 599. The van der Waals surface area contributed by atoms with Crippen LogP contribution in [0.25, 0.3) is 0 Å². The van der Waals surface area contributed by atoms with E-state index in [0.717, 1.165) is 12.1 Å². The summed E-state index contributed by atoms with van der Waals surface area (Å²) in [6.07, 6.45) is -3.38. The molecule has 2 aliphatic heterocycles. The van der Waals surface area contributed by atoms with Gasteiger partial charge in [-0.1, -0.05) is 0 Å². The first-order chi connectivity index (χ1) is 12.4. The zero-order valence-electron chi connectivity index (χ0n) is 14.3. The molecule has 26 heavy (non-hydrogen) atoms. The predicted molar refractivity (Wildman–Crippen MR) is 86.8 cm³/mol. The highest BCUT2D eigenvalue weighted by molar-refractivity contribution is 5.79. The van der Waals surface area contributed by atoms with Gasteiger partial charge in [0.05, 0.1) is 25.3 Å². The number of alkyl halides is 3. The van der Waals surface area contributed by atoms with Crippen LogP contribution in [0.5, 0.6) is 5.75 Å². The van der Waals surface area contributed by atoms with E-state index in [1.54, 1.807) is 4.90 Å². The van der Waals surface area contributed by atoms with Gasteiger partial charge < -0.3 is 19.1 Å². The molecule has 1 unspecified atom stereocenters. The Labute approximate surface area is 150 Å². The molecule has 1 aromatic rings. The van der Waals surface area contributed by atoms with Gasteiger partial charge in [-0.15, -0.1) is 0 Å². The Morgan fingerprint density at radius 1 is 1.08 bits per heavy atom. The van der Waals surface area contributed by atoms with Crippen molar-refractivity contribution in [2.75, 3.05) is 39.5 Å². The van der Waals surface area contributed by atoms with Crippen molar-refractivity contribution in [2.24, 2.45) is 5.92 Å². The van der Waals surface area contributed by atoms with Crippen molar-refractivity contribution in [3.05, 3.63) is 29.8 Å². The lowest BCUT2D eigenvalue weighted by Gasteiger charge is -2.29. The highest BCUT2D eigenvalue weighted by Gasteiger charge is 2.31. The first kappa shape index (κ1) is 19.0. The van der Waals surface area contributed by atoms with E-state index in [4.69, 9.17) is 14.2 Å². The van der Waals surface area contributed by atoms with Crippen LogP contribution in [0.1, 0.15) is 18.4 Å². The molecule has 1 aromatic carbocycles. The van der Waals surface area contributed by atoms with Gasteiger partial charge in [0.2, 0.25) is 5.91 Å². The minimum absolute atomic E-state index is 0.0476. The fraction of sp³-hybridized carbons (Fsp3) is 0.611. The van der Waals surface area contributed by atoms with Gasteiger partial charge >= 0.3 is 6.18 Å². The Kier molecular flexibility index (Phi) is 6.03. The van der Waals surface area contributed by atoms with E-state index in [-0.39, 0.29) is 11.8 Å². The number of nitrogens with zero attached hydrogens (tertiary/aromatic N) is 1. The Morgan fingerprint density at radius 2 is 1.77 bits per heavy atom. The van der Waals surface area contributed by atoms with Gasteiger partial charge in [-0.25, -0.2) is 0 Å². The van der Waals surface area contributed by atoms with Crippen LogP contribution < -0.4 is 4.74 Å². The smallest absolute Gasteiger partial charge is 0.416 e. The number of hydrogen-bond donors (Lipinski definition) is 0. The topological polar surface area (TPSA) is 48.0 Å². The third-order valence-corrected chi connectivity index (χ3v) is 4.60. The van der Waals surface area contributed by atoms with E-state index in [1.165, 1.54) is 12.1 Å². The lowest BCUT2D eigenvalue weighted by molar-refractivity contribution is -0.139. The molecule has 0 bridgehead atoms. The molecule has 0 aromatic heterocycles. The van der Waals surface area contributed by atoms with Crippen LogP contribution in [0, 0.1) is 5.92 Å². The molecular formula is C18H22F3NO4. The summed E-state index contributed by atoms with van der Waals surface area (Å²) in [5, 5.41) is 0. The largest absolute Gasteiger partial charge is 0.486 e. The molecule has 0 spiro atoms. The van der Waals surface area contributed by atoms with Crippen LogP contribution in [-0.2, 0) is 20.4 Å². The number of rotatable bonds is 3. The Morgan fingerprint density at radius 3 is 2.42 bits per heavy atom. The third kappa shape index (κ3) is 4.88. The van der Waals surface area contributed by atoms with Crippen molar-refractivity contribution in [1.29, 1.82) is 0 Å². The molecule has 1 amide bonds. The maximum absolute atomic E-state index is 12.7. The van der Waals surface area contributed by atoms with Crippen LogP contribution in [0.15, 0.2) is 24.3 Å². The van der Waals surface area contributed by atoms with Crippen molar-refractivity contribution >= 4 is 5.91 Å². The molecule has 0 saturated carbocycles. The highest BCUT2D eigenvalue weighted by atomic mass is 19.4. The summed E-state index contributed by atoms with van der Waals surface area (Å²) >= 11 is 0. The number of benzene rings is 1. The molecule has 1 atom stereocenters. The van der Waals surface area contributed by atoms with E-state index < -0.39 is 17.8 Å². The third-order valence-electron chi connectivity index (χ3n) is 4.60. The van der Waals surface area contributed by atoms with Gasteiger partial charge in [-0.05, 0) is 37.1 Å². The molecule has 2 heterocycles. The number of hydrogen-bond acceptors (Lipinski definition) is 4. The normalized spacial score (nSPS) is 22.7. The van der Waals surface area contributed by atoms with Crippen molar-refractivity contribution in [2.45, 2.75) is 25.1 Å².